The van der Waals surface area contributed by atoms with Crippen LogP contribution in [0.15, 0.2) is 90.0 Å². The van der Waals surface area contributed by atoms with Crippen molar-refractivity contribution in [1.29, 1.82) is 0 Å². The van der Waals surface area contributed by atoms with Gasteiger partial charge in [0.1, 0.15) is 11.5 Å². The van der Waals surface area contributed by atoms with Gasteiger partial charge >= 0.3 is 0 Å². The number of ether oxygens (including phenoxy) is 1. The number of rotatable bonds is 5. The number of hydrogen-bond acceptors (Lipinski definition) is 4. The van der Waals surface area contributed by atoms with Crippen molar-refractivity contribution in [2.75, 3.05) is 0 Å². The zero-order valence-electron chi connectivity index (χ0n) is 14.3. The minimum absolute atomic E-state index is 0.432. The van der Waals surface area contributed by atoms with Crippen LogP contribution >= 0.6 is 12.2 Å². The van der Waals surface area contributed by atoms with Crippen LogP contribution < -0.4 is 4.74 Å². The largest absolute Gasteiger partial charge is 0.457 e. The second-order valence-corrected chi connectivity index (χ2v) is 6.15. The molecule has 4 rings (SSSR count). The van der Waals surface area contributed by atoms with Crippen LogP contribution in [0, 0.1) is 4.77 Å². The molecule has 0 aliphatic heterocycles. The average Bonchev–Trinajstić information content (AvgIpc) is 3.09. The Hall–Kier alpha value is -3.51. The van der Waals surface area contributed by atoms with Crippen molar-refractivity contribution in [3.8, 4) is 22.9 Å². The highest BCUT2D eigenvalue weighted by molar-refractivity contribution is 7.71. The molecule has 27 heavy (non-hydrogen) atoms. The Labute approximate surface area is 161 Å². The van der Waals surface area contributed by atoms with Crippen molar-refractivity contribution in [2.24, 2.45) is 5.10 Å². The first-order valence-corrected chi connectivity index (χ1v) is 8.80. The molecule has 132 valence electrons. The van der Waals surface area contributed by atoms with Crippen LogP contribution in [0.3, 0.4) is 0 Å². The summed E-state index contributed by atoms with van der Waals surface area (Å²) in [7, 11) is 0. The van der Waals surface area contributed by atoms with E-state index < -0.39 is 0 Å². The van der Waals surface area contributed by atoms with Crippen LogP contribution in [0.1, 0.15) is 5.56 Å². The van der Waals surface area contributed by atoms with Gasteiger partial charge in [-0.3, -0.25) is 0 Å². The first-order chi connectivity index (χ1) is 13.3. The Morgan fingerprint density at radius 1 is 0.889 bits per heavy atom. The fourth-order valence-corrected chi connectivity index (χ4v) is 2.76. The zero-order valence-corrected chi connectivity index (χ0v) is 15.1. The monoisotopic (exact) mass is 372 g/mol. The van der Waals surface area contributed by atoms with Crippen molar-refractivity contribution in [1.82, 2.24) is 14.9 Å². The summed E-state index contributed by atoms with van der Waals surface area (Å²) in [6.07, 6.45) is 1.73. The third-order valence-electron chi connectivity index (χ3n) is 3.84. The molecular formula is C21H16N4OS. The average molecular weight is 372 g/mol. The van der Waals surface area contributed by atoms with Gasteiger partial charge in [-0.25, -0.2) is 5.10 Å². The molecule has 3 aromatic carbocycles. The maximum absolute atomic E-state index is 5.87. The predicted octanol–water partition coefficient (Wildman–Crippen LogP) is 5.28. The molecule has 0 amide bonds. The Bertz CT molecular complexity index is 1120. The summed E-state index contributed by atoms with van der Waals surface area (Å²) < 4.78 is 7.90. The lowest BCUT2D eigenvalue weighted by atomic mass is 10.2. The lowest BCUT2D eigenvalue weighted by Gasteiger charge is -2.06. The number of aromatic nitrogens is 3. The van der Waals surface area contributed by atoms with Crippen LogP contribution in [-0.4, -0.2) is 21.1 Å². The number of H-pyrrole nitrogens is 1. The molecule has 0 atom stereocenters. The van der Waals surface area contributed by atoms with Gasteiger partial charge < -0.3 is 4.74 Å². The fraction of sp³-hybridized carbons (Fsp3) is 0. The van der Waals surface area contributed by atoms with E-state index in [0.717, 1.165) is 22.6 Å². The molecule has 1 N–H and O–H groups in total. The molecule has 5 nitrogen and oxygen atoms in total. The summed E-state index contributed by atoms with van der Waals surface area (Å²) in [5.74, 6) is 2.19. The summed E-state index contributed by atoms with van der Waals surface area (Å²) in [5.41, 5.74) is 1.83. The van der Waals surface area contributed by atoms with E-state index in [1.165, 1.54) is 0 Å². The van der Waals surface area contributed by atoms with Gasteiger partial charge in [-0.15, -0.1) is 0 Å². The van der Waals surface area contributed by atoms with Crippen LogP contribution in [0.5, 0.6) is 11.5 Å². The van der Waals surface area contributed by atoms with E-state index in [4.69, 9.17) is 17.0 Å². The van der Waals surface area contributed by atoms with Gasteiger partial charge in [0.05, 0.1) is 6.21 Å². The molecule has 0 spiro atoms. The molecule has 0 aliphatic carbocycles. The smallest absolute Gasteiger partial charge is 0.216 e. The summed E-state index contributed by atoms with van der Waals surface area (Å²) in [6.45, 7) is 0. The van der Waals surface area contributed by atoms with Gasteiger partial charge in [0.15, 0.2) is 5.82 Å². The van der Waals surface area contributed by atoms with Crippen LogP contribution in [0.4, 0.5) is 0 Å². The van der Waals surface area contributed by atoms with Gasteiger partial charge in [-0.1, -0.05) is 60.7 Å². The Morgan fingerprint density at radius 3 is 2.37 bits per heavy atom. The van der Waals surface area contributed by atoms with Crippen molar-refractivity contribution in [3.05, 3.63) is 95.3 Å². The van der Waals surface area contributed by atoms with Crippen LogP contribution in [-0.2, 0) is 0 Å². The van der Waals surface area contributed by atoms with Gasteiger partial charge in [0.2, 0.25) is 4.77 Å². The minimum Gasteiger partial charge on any atom is -0.457 e. The lowest BCUT2D eigenvalue weighted by molar-refractivity contribution is 0.482. The summed E-state index contributed by atoms with van der Waals surface area (Å²) in [6, 6.07) is 27.1. The lowest BCUT2D eigenvalue weighted by Crippen LogP contribution is -1.95. The number of nitrogens with zero attached hydrogens (tertiary/aromatic N) is 3. The number of para-hydroxylation sites is 1. The molecule has 0 radical (unpaired) electrons. The van der Waals surface area contributed by atoms with Gasteiger partial charge in [-0.05, 0) is 42.0 Å². The third-order valence-corrected chi connectivity index (χ3v) is 4.11. The third kappa shape index (κ3) is 4.02. The first kappa shape index (κ1) is 16.9. The molecule has 0 fully saturated rings. The van der Waals surface area contributed by atoms with E-state index >= 15 is 0 Å². The highest BCUT2D eigenvalue weighted by atomic mass is 32.1. The number of hydrogen-bond donors (Lipinski definition) is 1. The molecule has 4 aromatic rings. The van der Waals surface area contributed by atoms with Crippen LogP contribution in [0.25, 0.3) is 11.4 Å². The Morgan fingerprint density at radius 2 is 1.59 bits per heavy atom. The van der Waals surface area contributed by atoms with Crippen molar-refractivity contribution >= 4 is 18.4 Å². The molecule has 1 heterocycles. The van der Waals surface area contributed by atoms with E-state index in [0.29, 0.717) is 10.6 Å². The van der Waals surface area contributed by atoms with Crippen molar-refractivity contribution in [2.45, 2.75) is 0 Å². The van der Waals surface area contributed by atoms with E-state index in [2.05, 4.69) is 15.3 Å². The summed E-state index contributed by atoms with van der Waals surface area (Å²) >= 11 is 5.31. The minimum atomic E-state index is 0.432. The maximum Gasteiger partial charge on any atom is 0.216 e. The van der Waals surface area contributed by atoms with E-state index in [1.807, 2.05) is 84.9 Å². The molecule has 0 saturated heterocycles. The predicted molar refractivity (Wildman–Crippen MR) is 109 cm³/mol. The van der Waals surface area contributed by atoms with E-state index in [1.54, 1.807) is 10.9 Å². The van der Waals surface area contributed by atoms with Crippen molar-refractivity contribution in [3.63, 3.8) is 0 Å². The van der Waals surface area contributed by atoms with Gasteiger partial charge in [0.25, 0.3) is 0 Å². The molecule has 0 aliphatic rings. The highest BCUT2D eigenvalue weighted by Gasteiger charge is 2.07. The Kier molecular flexibility index (Phi) is 4.89. The second-order valence-electron chi connectivity index (χ2n) is 5.76. The topological polar surface area (TPSA) is 55.2 Å². The molecule has 0 unspecified atom stereocenters. The molecular weight excluding hydrogens is 356 g/mol. The zero-order chi connectivity index (χ0) is 18.5. The second kappa shape index (κ2) is 7.80. The van der Waals surface area contributed by atoms with Gasteiger partial charge in [-0.2, -0.15) is 14.9 Å². The maximum atomic E-state index is 5.87. The van der Waals surface area contributed by atoms with E-state index in [9.17, 15) is 0 Å². The quantitative estimate of drug-likeness (QED) is 0.383. The van der Waals surface area contributed by atoms with Crippen LogP contribution in [0.2, 0.25) is 0 Å². The normalized spacial score (nSPS) is 11.0. The molecule has 1 aromatic heterocycles. The standard InChI is InChI=1S/C21H16N4OS/c27-21-24-23-20(17-9-3-1-4-10-17)25(21)22-15-16-8-7-13-19(14-16)26-18-11-5-2-6-12-18/h1-15H,(H,24,27)/b22-15-. The number of benzene rings is 3. The SMILES string of the molecule is S=c1[nH]nc(-c2ccccc2)n1/N=C\c1cccc(Oc2ccccc2)c1. The Balaban J connectivity index is 1.60. The summed E-state index contributed by atoms with van der Waals surface area (Å²) in [5, 5.41) is 11.6. The number of aromatic amines is 1. The number of nitrogens with one attached hydrogen (secondary N) is 1. The van der Waals surface area contributed by atoms with Crippen molar-refractivity contribution < 1.29 is 4.74 Å². The highest BCUT2D eigenvalue weighted by Crippen LogP contribution is 2.21. The van der Waals surface area contributed by atoms with Gasteiger partial charge in [0, 0.05) is 5.56 Å². The molecule has 0 bridgehead atoms. The summed E-state index contributed by atoms with van der Waals surface area (Å²) in [4.78, 5) is 0. The molecule has 0 saturated carbocycles. The van der Waals surface area contributed by atoms with E-state index in [-0.39, 0.29) is 0 Å². The first-order valence-electron chi connectivity index (χ1n) is 8.40. The fourth-order valence-electron chi connectivity index (χ4n) is 2.58. The molecule has 6 heteroatoms.